The van der Waals surface area contributed by atoms with Crippen LogP contribution in [0, 0.1) is 24.5 Å². The zero-order valence-electron chi connectivity index (χ0n) is 21.6. The van der Waals surface area contributed by atoms with Gasteiger partial charge >= 0.3 is 0 Å². The Morgan fingerprint density at radius 1 is 1.10 bits per heavy atom. The highest BCUT2D eigenvalue weighted by atomic mass is 32.2. The molecule has 0 amide bonds. The van der Waals surface area contributed by atoms with Crippen LogP contribution in [0.3, 0.4) is 0 Å². The molecule has 1 unspecified atom stereocenters. The molecule has 0 spiro atoms. The summed E-state index contributed by atoms with van der Waals surface area (Å²) in [4.78, 5) is 12.9. The van der Waals surface area contributed by atoms with Crippen molar-refractivity contribution < 1.29 is 27.2 Å². The lowest BCUT2D eigenvalue weighted by Gasteiger charge is -2.22. The Bertz CT molecular complexity index is 1630. The number of ether oxygens (including phenoxy) is 3. The Balaban J connectivity index is 1.53. The van der Waals surface area contributed by atoms with Gasteiger partial charge in [0.2, 0.25) is 5.88 Å². The van der Waals surface area contributed by atoms with Crippen molar-refractivity contribution in [3.63, 3.8) is 0 Å². The van der Waals surface area contributed by atoms with Gasteiger partial charge in [0, 0.05) is 42.1 Å². The summed E-state index contributed by atoms with van der Waals surface area (Å²) < 4.78 is 61.1. The van der Waals surface area contributed by atoms with Gasteiger partial charge in [-0.15, -0.1) is 0 Å². The molecule has 2 aromatic heterocycles. The van der Waals surface area contributed by atoms with Crippen LogP contribution in [-0.4, -0.2) is 52.0 Å². The Morgan fingerprint density at radius 2 is 1.90 bits per heavy atom. The minimum absolute atomic E-state index is 0.133. The molecule has 1 aliphatic heterocycles. The molecule has 1 fully saturated rings. The third-order valence-electron chi connectivity index (χ3n) is 6.62. The Morgan fingerprint density at radius 3 is 2.64 bits per heavy atom. The number of benzene rings is 2. The average Bonchev–Trinajstić information content (AvgIpc) is 2.92. The molecular weight excluding hydrogens is 526 g/mol. The molecule has 1 aliphatic rings. The highest BCUT2D eigenvalue weighted by molar-refractivity contribution is 8.01. The fourth-order valence-corrected chi connectivity index (χ4v) is 5.75. The summed E-state index contributed by atoms with van der Waals surface area (Å²) >= 11 is 0. The highest BCUT2D eigenvalue weighted by Gasteiger charge is 2.20. The number of rotatable bonds is 8. The standard InChI is InChI=1S/C28H28F2N4O4S/c1-17-22-10-19(12-25(27(22)33-16-32-17)38-15-18-6-8-37-9-7-18)20-11-24(28(36-2)31-14-20)34-39(3,35)26-5-4-21(29)13-23(26)30/h4-5,10-14,16,18H,3,6-9,15H2,1-2H3,(H,34,35). The minimum atomic E-state index is -3.43. The average molecular weight is 555 g/mol. The topological polar surface area (TPSA) is 95.5 Å². The third kappa shape index (κ3) is 5.79. The lowest BCUT2D eigenvalue weighted by Crippen LogP contribution is -2.21. The molecule has 2 aromatic carbocycles. The molecule has 0 bridgehead atoms. The van der Waals surface area contributed by atoms with E-state index in [0.717, 1.165) is 54.8 Å². The first kappa shape index (κ1) is 26.8. The number of fused-ring (bicyclic) bond motifs is 1. The predicted molar refractivity (Wildman–Crippen MR) is 147 cm³/mol. The van der Waals surface area contributed by atoms with Gasteiger partial charge in [-0.25, -0.2) is 27.9 Å². The molecule has 0 aliphatic carbocycles. The molecule has 39 heavy (non-hydrogen) atoms. The number of aromatic nitrogens is 3. The Labute approximate surface area is 225 Å². The molecule has 1 atom stereocenters. The van der Waals surface area contributed by atoms with Crippen molar-refractivity contribution in [2.24, 2.45) is 5.92 Å². The van der Waals surface area contributed by atoms with Gasteiger partial charge in [-0.2, -0.15) is 0 Å². The van der Waals surface area contributed by atoms with E-state index in [1.807, 2.05) is 19.1 Å². The van der Waals surface area contributed by atoms with Crippen molar-refractivity contribution >= 4 is 32.2 Å². The number of nitrogens with one attached hydrogen (secondary N) is 1. The van der Waals surface area contributed by atoms with Crippen LogP contribution in [0.4, 0.5) is 14.5 Å². The van der Waals surface area contributed by atoms with Gasteiger partial charge in [-0.1, -0.05) is 0 Å². The highest BCUT2D eigenvalue weighted by Crippen LogP contribution is 2.36. The maximum absolute atomic E-state index is 14.4. The van der Waals surface area contributed by atoms with Crippen molar-refractivity contribution in [3.8, 4) is 22.8 Å². The van der Waals surface area contributed by atoms with E-state index in [-0.39, 0.29) is 16.5 Å². The number of aryl methyl sites for hydroxylation is 1. The summed E-state index contributed by atoms with van der Waals surface area (Å²) in [5.41, 5.74) is 3.11. The van der Waals surface area contributed by atoms with Crippen LogP contribution in [-0.2, 0) is 14.4 Å². The number of hydrogen-bond acceptors (Lipinski definition) is 7. The SMILES string of the molecule is C=S(=O)(Nc1cc(-c2cc(OCC3CCOCC3)c3ncnc(C)c3c2)cnc1OC)c1ccc(F)cc1F. The maximum Gasteiger partial charge on any atom is 0.238 e. The summed E-state index contributed by atoms with van der Waals surface area (Å²) in [7, 11) is -2.02. The number of halogens is 2. The number of methoxy groups -OCH3 is 1. The zero-order chi connectivity index (χ0) is 27.6. The van der Waals surface area contributed by atoms with Crippen molar-refractivity contribution in [2.45, 2.75) is 24.7 Å². The van der Waals surface area contributed by atoms with Crippen molar-refractivity contribution in [2.75, 3.05) is 31.7 Å². The van der Waals surface area contributed by atoms with E-state index in [1.165, 1.54) is 13.4 Å². The zero-order valence-corrected chi connectivity index (χ0v) is 22.4. The van der Waals surface area contributed by atoms with Crippen LogP contribution in [0.2, 0.25) is 0 Å². The molecular formula is C28H28F2N4O4S. The summed E-state index contributed by atoms with van der Waals surface area (Å²) in [6.07, 6.45) is 4.98. The van der Waals surface area contributed by atoms with Crippen LogP contribution in [0.5, 0.6) is 11.6 Å². The van der Waals surface area contributed by atoms with E-state index in [1.54, 1.807) is 12.3 Å². The van der Waals surface area contributed by atoms with Crippen LogP contribution in [0.15, 0.2) is 53.8 Å². The van der Waals surface area contributed by atoms with Gasteiger partial charge in [0.15, 0.2) is 0 Å². The third-order valence-corrected chi connectivity index (χ3v) is 8.21. The fourth-order valence-electron chi connectivity index (χ4n) is 4.48. The molecule has 4 aromatic rings. The minimum Gasteiger partial charge on any atom is -0.491 e. The van der Waals surface area contributed by atoms with E-state index < -0.39 is 21.3 Å². The molecule has 5 rings (SSSR count). The first-order valence-corrected chi connectivity index (χ1v) is 14.1. The van der Waals surface area contributed by atoms with E-state index in [9.17, 15) is 13.0 Å². The Kier molecular flexibility index (Phi) is 7.62. The lowest BCUT2D eigenvalue weighted by atomic mass is 10.0. The van der Waals surface area contributed by atoms with Crippen LogP contribution in [0.25, 0.3) is 22.0 Å². The molecule has 1 N–H and O–H groups in total. The first-order chi connectivity index (χ1) is 18.7. The van der Waals surface area contributed by atoms with Crippen LogP contribution >= 0.6 is 0 Å². The molecule has 8 nitrogen and oxygen atoms in total. The number of hydrogen-bond donors (Lipinski definition) is 1. The summed E-state index contributed by atoms with van der Waals surface area (Å²) in [5, 5.41) is 0.816. The lowest BCUT2D eigenvalue weighted by molar-refractivity contribution is 0.0500. The summed E-state index contributed by atoms with van der Waals surface area (Å²) in [5.74, 6) is 3.04. The fraction of sp³-hybridized carbons (Fsp3) is 0.286. The summed E-state index contributed by atoms with van der Waals surface area (Å²) in [6, 6.07) is 8.28. The van der Waals surface area contributed by atoms with Crippen LogP contribution < -0.4 is 14.2 Å². The number of nitrogens with zero attached hydrogens (tertiary/aromatic N) is 3. The second-order valence-corrected chi connectivity index (χ2v) is 11.3. The summed E-state index contributed by atoms with van der Waals surface area (Å²) in [6.45, 7) is 3.87. The molecule has 0 saturated carbocycles. The van der Waals surface area contributed by atoms with E-state index in [4.69, 9.17) is 14.2 Å². The van der Waals surface area contributed by atoms with Crippen molar-refractivity contribution in [3.05, 3.63) is 66.3 Å². The second kappa shape index (κ2) is 11.1. The van der Waals surface area contributed by atoms with Gasteiger partial charge < -0.3 is 18.9 Å². The number of pyridine rings is 1. The smallest absolute Gasteiger partial charge is 0.238 e. The van der Waals surface area contributed by atoms with Gasteiger partial charge in [-0.3, -0.25) is 0 Å². The van der Waals surface area contributed by atoms with E-state index in [0.29, 0.717) is 35.4 Å². The number of anilines is 1. The quantitative estimate of drug-likeness (QED) is 0.299. The van der Waals surface area contributed by atoms with Crippen molar-refractivity contribution in [1.82, 2.24) is 15.0 Å². The largest absolute Gasteiger partial charge is 0.491 e. The van der Waals surface area contributed by atoms with E-state index in [2.05, 4.69) is 25.5 Å². The first-order valence-electron chi connectivity index (χ1n) is 12.4. The van der Waals surface area contributed by atoms with Gasteiger partial charge in [0.05, 0.1) is 28.3 Å². The molecule has 3 heterocycles. The monoisotopic (exact) mass is 554 g/mol. The van der Waals surface area contributed by atoms with Crippen LogP contribution in [0.1, 0.15) is 18.5 Å². The van der Waals surface area contributed by atoms with Gasteiger partial charge in [-0.05, 0) is 67.4 Å². The Hall–Kier alpha value is -3.83. The van der Waals surface area contributed by atoms with Crippen molar-refractivity contribution in [1.29, 1.82) is 0 Å². The predicted octanol–water partition coefficient (Wildman–Crippen LogP) is 5.19. The van der Waals surface area contributed by atoms with Gasteiger partial charge in [0.25, 0.3) is 0 Å². The molecule has 1 saturated heterocycles. The second-order valence-electron chi connectivity index (χ2n) is 9.33. The normalized spacial score (nSPS) is 15.6. The molecule has 0 radical (unpaired) electrons. The van der Waals surface area contributed by atoms with Gasteiger partial charge in [0.1, 0.15) is 34.9 Å². The maximum atomic E-state index is 14.4. The van der Waals surface area contributed by atoms with E-state index >= 15 is 0 Å². The molecule has 11 heteroatoms. The molecule has 204 valence electrons.